The molecule has 106 valence electrons. The molecule has 0 radical (unpaired) electrons. The molecule has 0 saturated carbocycles. The molecule has 2 unspecified atom stereocenters. The van der Waals surface area contributed by atoms with Gasteiger partial charge in [-0.2, -0.15) is 0 Å². The molecule has 1 N–H and O–H groups in total. The van der Waals surface area contributed by atoms with Crippen LogP contribution in [0.4, 0.5) is 0 Å². The quantitative estimate of drug-likeness (QED) is 0.853. The van der Waals surface area contributed by atoms with Gasteiger partial charge in [-0.25, -0.2) is 0 Å². The monoisotopic (exact) mass is 262 g/mol. The first-order valence-corrected chi connectivity index (χ1v) is 7.36. The van der Waals surface area contributed by atoms with Gasteiger partial charge in [0, 0.05) is 25.2 Å². The van der Waals surface area contributed by atoms with Gasteiger partial charge in [-0.3, -0.25) is 4.90 Å². The normalized spacial score (nSPS) is 21.5. The average molecular weight is 262 g/mol. The van der Waals surface area contributed by atoms with Crippen LogP contribution in [0.3, 0.4) is 0 Å². The molecule has 1 aromatic rings. The summed E-state index contributed by atoms with van der Waals surface area (Å²) < 4.78 is 5.21. The second-order valence-corrected chi connectivity index (χ2v) is 5.38. The number of nitrogens with zero attached hydrogens (tertiary/aromatic N) is 1. The van der Waals surface area contributed by atoms with E-state index in [0.717, 1.165) is 18.8 Å². The van der Waals surface area contributed by atoms with Gasteiger partial charge >= 0.3 is 0 Å². The van der Waals surface area contributed by atoms with Gasteiger partial charge < -0.3 is 10.1 Å². The van der Waals surface area contributed by atoms with Crippen LogP contribution in [0.1, 0.15) is 38.3 Å². The molecule has 1 heterocycles. The molecule has 3 heteroatoms. The molecule has 2 atom stereocenters. The lowest BCUT2D eigenvalue weighted by atomic mass is 10.1. The van der Waals surface area contributed by atoms with E-state index in [1.165, 1.54) is 24.9 Å². The SMILES string of the molecule is CCCNC1CCN(C(C)c2ccc(OC)cc2)C1. The zero-order valence-electron chi connectivity index (χ0n) is 12.4. The van der Waals surface area contributed by atoms with E-state index in [1.54, 1.807) is 7.11 Å². The summed E-state index contributed by atoms with van der Waals surface area (Å²) >= 11 is 0. The Morgan fingerprint density at radius 2 is 2.11 bits per heavy atom. The van der Waals surface area contributed by atoms with Crippen molar-refractivity contribution in [2.75, 3.05) is 26.7 Å². The maximum Gasteiger partial charge on any atom is 0.118 e. The van der Waals surface area contributed by atoms with Crippen LogP contribution in [0.15, 0.2) is 24.3 Å². The molecule has 0 spiro atoms. The first-order valence-electron chi connectivity index (χ1n) is 7.36. The van der Waals surface area contributed by atoms with Crippen molar-refractivity contribution in [2.24, 2.45) is 0 Å². The molecule has 1 aromatic carbocycles. The Kier molecular flexibility index (Phi) is 5.23. The summed E-state index contributed by atoms with van der Waals surface area (Å²) in [5.74, 6) is 0.930. The fourth-order valence-electron chi connectivity index (χ4n) is 2.75. The molecular weight excluding hydrogens is 236 g/mol. The Bertz CT molecular complexity index is 377. The van der Waals surface area contributed by atoms with Crippen molar-refractivity contribution >= 4 is 0 Å². The highest BCUT2D eigenvalue weighted by molar-refractivity contribution is 5.29. The predicted octanol–water partition coefficient (Wildman–Crippen LogP) is 2.83. The molecule has 0 amide bonds. The van der Waals surface area contributed by atoms with Gasteiger partial charge in [0.2, 0.25) is 0 Å². The first kappa shape index (κ1) is 14.4. The van der Waals surface area contributed by atoms with Gasteiger partial charge in [0.05, 0.1) is 7.11 Å². The molecule has 0 bridgehead atoms. The van der Waals surface area contributed by atoms with Crippen molar-refractivity contribution in [2.45, 2.75) is 38.8 Å². The fraction of sp³-hybridized carbons (Fsp3) is 0.625. The van der Waals surface area contributed by atoms with Crippen molar-refractivity contribution in [3.63, 3.8) is 0 Å². The van der Waals surface area contributed by atoms with E-state index in [0.29, 0.717) is 12.1 Å². The van der Waals surface area contributed by atoms with Crippen molar-refractivity contribution in [1.29, 1.82) is 0 Å². The van der Waals surface area contributed by atoms with E-state index in [4.69, 9.17) is 4.74 Å². The number of hydrogen-bond acceptors (Lipinski definition) is 3. The third kappa shape index (κ3) is 3.71. The minimum absolute atomic E-state index is 0.485. The maximum absolute atomic E-state index is 5.21. The van der Waals surface area contributed by atoms with E-state index in [2.05, 4.69) is 48.3 Å². The average Bonchev–Trinajstić information content (AvgIpc) is 2.93. The molecule has 1 aliphatic rings. The topological polar surface area (TPSA) is 24.5 Å². The highest BCUT2D eigenvalue weighted by Crippen LogP contribution is 2.26. The Balaban J connectivity index is 1.90. The van der Waals surface area contributed by atoms with E-state index < -0.39 is 0 Å². The summed E-state index contributed by atoms with van der Waals surface area (Å²) in [5, 5.41) is 3.62. The number of ether oxygens (including phenoxy) is 1. The first-order chi connectivity index (χ1) is 9.24. The van der Waals surface area contributed by atoms with Gasteiger partial charge in [0.15, 0.2) is 0 Å². The summed E-state index contributed by atoms with van der Waals surface area (Å²) in [4.78, 5) is 2.56. The lowest BCUT2D eigenvalue weighted by Gasteiger charge is -2.25. The fourth-order valence-corrected chi connectivity index (χ4v) is 2.75. The molecule has 19 heavy (non-hydrogen) atoms. The van der Waals surface area contributed by atoms with Crippen molar-refractivity contribution < 1.29 is 4.74 Å². The second-order valence-electron chi connectivity index (χ2n) is 5.38. The van der Waals surface area contributed by atoms with Gasteiger partial charge in [-0.15, -0.1) is 0 Å². The minimum Gasteiger partial charge on any atom is -0.497 e. The third-order valence-electron chi connectivity index (χ3n) is 4.05. The standard InChI is InChI=1S/C16H26N2O/c1-4-10-17-15-9-11-18(12-15)13(2)14-5-7-16(19-3)8-6-14/h5-8,13,15,17H,4,9-12H2,1-3H3. The number of benzene rings is 1. The Morgan fingerprint density at radius 1 is 1.37 bits per heavy atom. The Morgan fingerprint density at radius 3 is 2.74 bits per heavy atom. The summed E-state index contributed by atoms with van der Waals surface area (Å²) in [5.41, 5.74) is 1.37. The number of likely N-dealkylation sites (tertiary alicyclic amines) is 1. The highest BCUT2D eigenvalue weighted by atomic mass is 16.5. The highest BCUT2D eigenvalue weighted by Gasteiger charge is 2.26. The van der Waals surface area contributed by atoms with Crippen LogP contribution in [0.25, 0.3) is 0 Å². The molecule has 0 aromatic heterocycles. The number of hydrogen-bond donors (Lipinski definition) is 1. The molecule has 2 rings (SSSR count). The van der Waals surface area contributed by atoms with Gasteiger partial charge in [-0.1, -0.05) is 19.1 Å². The van der Waals surface area contributed by atoms with E-state index in [-0.39, 0.29) is 0 Å². The van der Waals surface area contributed by atoms with Crippen LogP contribution in [-0.4, -0.2) is 37.7 Å². The van der Waals surface area contributed by atoms with Crippen LogP contribution in [-0.2, 0) is 0 Å². The minimum atomic E-state index is 0.485. The molecule has 1 aliphatic heterocycles. The smallest absolute Gasteiger partial charge is 0.118 e. The summed E-state index contributed by atoms with van der Waals surface area (Å²) in [7, 11) is 1.71. The number of rotatable bonds is 6. The van der Waals surface area contributed by atoms with Crippen molar-refractivity contribution in [1.82, 2.24) is 10.2 Å². The third-order valence-corrected chi connectivity index (χ3v) is 4.05. The van der Waals surface area contributed by atoms with E-state index in [9.17, 15) is 0 Å². The van der Waals surface area contributed by atoms with Crippen LogP contribution < -0.4 is 10.1 Å². The summed E-state index contributed by atoms with van der Waals surface area (Å²) in [6.45, 7) is 8.00. The second kappa shape index (κ2) is 6.92. The lowest BCUT2D eigenvalue weighted by molar-refractivity contribution is 0.255. The predicted molar refractivity (Wildman–Crippen MR) is 79.7 cm³/mol. The zero-order chi connectivity index (χ0) is 13.7. The lowest BCUT2D eigenvalue weighted by Crippen LogP contribution is -2.33. The number of methoxy groups -OCH3 is 1. The van der Waals surface area contributed by atoms with Gasteiger partial charge in [0.1, 0.15) is 5.75 Å². The summed E-state index contributed by atoms with van der Waals surface area (Å²) in [6, 6.07) is 9.61. The Hall–Kier alpha value is -1.06. The number of nitrogens with one attached hydrogen (secondary N) is 1. The molecule has 0 aliphatic carbocycles. The van der Waals surface area contributed by atoms with Crippen LogP contribution in [0.2, 0.25) is 0 Å². The van der Waals surface area contributed by atoms with Gasteiger partial charge in [0.25, 0.3) is 0 Å². The molecular formula is C16H26N2O. The molecule has 1 fully saturated rings. The van der Waals surface area contributed by atoms with E-state index >= 15 is 0 Å². The largest absolute Gasteiger partial charge is 0.497 e. The van der Waals surface area contributed by atoms with Crippen LogP contribution >= 0.6 is 0 Å². The van der Waals surface area contributed by atoms with Crippen molar-refractivity contribution in [3.05, 3.63) is 29.8 Å². The van der Waals surface area contributed by atoms with Crippen LogP contribution in [0, 0.1) is 0 Å². The summed E-state index contributed by atoms with van der Waals surface area (Å²) in [6.07, 6.45) is 2.48. The maximum atomic E-state index is 5.21. The van der Waals surface area contributed by atoms with Crippen molar-refractivity contribution in [3.8, 4) is 5.75 Å². The van der Waals surface area contributed by atoms with Crippen LogP contribution in [0.5, 0.6) is 5.75 Å². The van der Waals surface area contributed by atoms with Gasteiger partial charge in [-0.05, 0) is 44.0 Å². The molecule has 3 nitrogen and oxygen atoms in total. The molecule has 1 saturated heterocycles. The zero-order valence-corrected chi connectivity index (χ0v) is 12.4. The van der Waals surface area contributed by atoms with E-state index in [1.807, 2.05) is 0 Å². The Labute approximate surface area is 116 Å².